The highest BCUT2D eigenvalue weighted by molar-refractivity contribution is 14.1. The number of aromatic nitrogens is 7. The zero-order valence-corrected chi connectivity index (χ0v) is 13.6. The molecule has 0 saturated carbocycles. The predicted molar refractivity (Wildman–Crippen MR) is 81.4 cm³/mol. The van der Waals surface area contributed by atoms with Crippen LogP contribution in [0.2, 0.25) is 0 Å². The Balaban J connectivity index is 1.96. The molecule has 3 aromatic heterocycles. The number of hydrogen-bond acceptors (Lipinski definition) is 8. The average Bonchev–Trinajstić information content (AvgIpc) is 3.05. The van der Waals surface area contributed by atoms with E-state index in [2.05, 4.69) is 25.6 Å². The molecule has 0 aliphatic rings. The molecule has 0 aliphatic carbocycles. The Morgan fingerprint density at radius 3 is 3.05 bits per heavy atom. The maximum Gasteiger partial charge on any atom is 0.368 e. The van der Waals surface area contributed by atoms with Gasteiger partial charge in [-0.15, -0.1) is 5.10 Å². The maximum absolute atomic E-state index is 12.0. The van der Waals surface area contributed by atoms with Gasteiger partial charge in [0.15, 0.2) is 0 Å². The van der Waals surface area contributed by atoms with Gasteiger partial charge in [-0.2, -0.15) is 14.5 Å². The minimum Gasteiger partial charge on any atom is -0.465 e. The Morgan fingerprint density at radius 1 is 1.52 bits per heavy atom. The molecule has 0 spiro atoms. The van der Waals surface area contributed by atoms with Gasteiger partial charge >= 0.3 is 5.69 Å². The summed E-state index contributed by atoms with van der Waals surface area (Å²) in [5.74, 6) is 0. The molecule has 0 N–H and O–H groups in total. The van der Waals surface area contributed by atoms with Gasteiger partial charge in [-0.1, -0.05) is 11.3 Å². The third-order valence-electron chi connectivity index (χ3n) is 2.54. The summed E-state index contributed by atoms with van der Waals surface area (Å²) < 4.78 is 15.8. The van der Waals surface area contributed by atoms with Crippen molar-refractivity contribution >= 4 is 33.9 Å². The lowest BCUT2D eigenvalue weighted by molar-refractivity contribution is 0.302. The van der Waals surface area contributed by atoms with E-state index in [1.165, 1.54) is 24.6 Å². The van der Waals surface area contributed by atoms with Crippen LogP contribution in [0.5, 0.6) is 5.19 Å². The van der Waals surface area contributed by atoms with E-state index in [4.69, 9.17) is 6.11 Å². The molecule has 0 saturated heterocycles. The second-order valence-electron chi connectivity index (χ2n) is 3.83. The van der Waals surface area contributed by atoms with Gasteiger partial charge < -0.3 is 4.74 Å². The lowest BCUT2D eigenvalue weighted by atomic mass is 10.3. The molecule has 0 amide bonds. The zero-order valence-electron chi connectivity index (χ0n) is 11.6. The number of hydrogen-bond donors (Lipinski definition) is 0. The predicted octanol–water partition coefficient (Wildman–Crippen LogP) is 0.396. The van der Waals surface area contributed by atoms with Gasteiger partial charge in [0, 0.05) is 18.6 Å². The van der Waals surface area contributed by atoms with E-state index >= 15 is 0 Å². The molecule has 0 aliphatic heterocycles. The van der Waals surface area contributed by atoms with Crippen molar-refractivity contribution in [3.63, 3.8) is 0 Å². The van der Waals surface area contributed by atoms with Gasteiger partial charge in [0.1, 0.15) is 16.0 Å². The van der Waals surface area contributed by atoms with Gasteiger partial charge in [0.05, 0.1) is 13.1 Å². The topological polar surface area (TPSA) is 101 Å². The normalized spacial score (nSPS) is 11.4. The summed E-state index contributed by atoms with van der Waals surface area (Å²) in [5, 5.41) is 17.2. The average molecular weight is 419 g/mol. The molecule has 0 unspecified atom stereocenters. The summed E-state index contributed by atoms with van der Waals surface area (Å²) in [4.78, 5) is 15.9. The smallest absolute Gasteiger partial charge is 0.368 e. The second-order valence-corrected chi connectivity index (χ2v) is 5.67. The molecule has 0 aromatic carbocycles. The summed E-state index contributed by atoms with van der Waals surface area (Å²) in [6, 6.07) is 0. The number of aryl methyl sites for hydroxylation is 1. The van der Waals surface area contributed by atoms with Crippen molar-refractivity contribution in [2.24, 2.45) is 7.05 Å². The molecule has 108 valence electrons. The Kier molecular flexibility index (Phi) is 3.57. The fourth-order valence-corrected chi connectivity index (χ4v) is 2.54. The van der Waals surface area contributed by atoms with Crippen LogP contribution in [-0.4, -0.2) is 35.0 Å². The molecule has 21 heavy (non-hydrogen) atoms. The van der Waals surface area contributed by atoms with E-state index < -0.39 is 5.69 Å². The summed E-state index contributed by atoms with van der Waals surface area (Å²) in [6.07, 6.45) is 1.57. The maximum atomic E-state index is 12.0. The van der Waals surface area contributed by atoms with Crippen molar-refractivity contribution in [2.75, 3.05) is 0 Å². The highest BCUT2D eigenvalue weighted by atomic mass is 127. The van der Waals surface area contributed by atoms with Gasteiger partial charge in [-0.05, 0) is 33.0 Å². The fraction of sp³-hybridized carbons (Fsp3) is 0.200. The van der Waals surface area contributed by atoms with Crippen LogP contribution in [0.15, 0.2) is 22.5 Å². The first-order chi connectivity index (χ1) is 10.6. The Labute approximate surface area is 137 Å². The van der Waals surface area contributed by atoms with Crippen molar-refractivity contribution in [2.45, 2.75) is 6.61 Å². The van der Waals surface area contributed by atoms with E-state index in [-0.39, 0.29) is 12.8 Å². The zero-order chi connectivity index (χ0) is 15.7. The largest absolute Gasteiger partial charge is 0.465 e. The van der Waals surface area contributed by atoms with E-state index in [0.29, 0.717) is 20.1 Å². The van der Waals surface area contributed by atoms with Crippen LogP contribution in [0.4, 0.5) is 0 Å². The summed E-state index contributed by atoms with van der Waals surface area (Å²) in [7, 11) is 1.51. The monoisotopic (exact) mass is 419 g/mol. The molecule has 0 atom stereocenters. The highest BCUT2D eigenvalue weighted by Gasteiger charge is 2.16. The van der Waals surface area contributed by atoms with Crippen LogP contribution in [-0.2, 0) is 13.7 Å². The molecule has 3 aromatic rings. The molecule has 9 nitrogen and oxygen atoms in total. The van der Waals surface area contributed by atoms with E-state index in [0.717, 1.165) is 9.36 Å². The second kappa shape index (κ2) is 5.85. The molecular formula is C10H8IN7O2S. The highest BCUT2D eigenvalue weighted by Crippen LogP contribution is 2.20. The van der Waals surface area contributed by atoms with E-state index in [1.54, 1.807) is 5.38 Å². The van der Waals surface area contributed by atoms with Crippen LogP contribution in [0, 0.1) is 3.70 Å². The van der Waals surface area contributed by atoms with Crippen LogP contribution in [0.1, 0.15) is 6.93 Å². The van der Waals surface area contributed by atoms with Crippen LogP contribution < -0.4 is 10.4 Å². The molecule has 0 fully saturated rings. The van der Waals surface area contributed by atoms with Crippen molar-refractivity contribution in [3.8, 4) is 10.9 Å². The number of tetrazole rings is 1. The molecule has 11 heteroatoms. The van der Waals surface area contributed by atoms with Crippen molar-refractivity contribution in [3.05, 3.63) is 37.5 Å². The van der Waals surface area contributed by atoms with Crippen molar-refractivity contribution in [1.29, 1.82) is 0 Å². The van der Waals surface area contributed by atoms with Gasteiger partial charge in [0.2, 0.25) is 0 Å². The van der Waals surface area contributed by atoms with Crippen molar-refractivity contribution in [1.82, 2.24) is 35.0 Å². The minimum absolute atomic E-state index is 0.124. The lowest BCUT2D eigenvalue weighted by Crippen LogP contribution is -2.24. The molecule has 0 radical (unpaired) electrons. The van der Waals surface area contributed by atoms with Gasteiger partial charge in [0.25, 0.3) is 5.19 Å². The lowest BCUT2D eigenvalue weighted by Gasteiger charge is -2.08. The van der Waals surface area contributed by atoms with Gasteiger partial charge in [-0.25, -0.2) is 9.78 Å². The van der Waals surface area contributed by atoms with Crippen LogP contribution in [0.3, 0.4) is 0 Å². The molecule has 3 heterocycles. The number of nitrogens with zero attached hydrogens (tertiary/aromatic N) is 7. The van der Waals surface area contributed by atoms with Crippen molar-refractivity contribution < 1.29 is 6.11 Å². The molecule has 0 bridgehead atoms. The number of thiazole rings is 1. The van der Waals surface area contributed by atoms with E-state index in [1.807, 2.05) is 22.6 Å². The number of rotatable bonds is 4. The summed E-state index contributed by atoms with van der Waals surface area (Å²) in [6.45, 7) is 0.124. The molecule has 3 rings (SSSR count). The van der Waals surface area contributed by atoms with Crippen LogP contribution in [0.25, 0.3) is 5.69 Å². The number of ether oxygens (including phenoxy) is 1. The summed E-state index contributed by atoms with van der Waals surface area (Å²) in [5.41, 5.74) is 0.688. The Bertz CT molecular complexity index is 876. The standard InChI is InChI=1S/C10H8IN7O2S/c1-17-10(19)18(16-15-17)7-4-13-14-8(11)6(7)5-20-9-12-2-3-21-9/h2-4H,5H2,1H3/i2T. The third-order valence-corrected chi connectivity index (χ3v) is 4.04. The Morgan fingerprint density at radius 2 is 2.38 bits per heavy atom. The van der Waals surface area contributed by atoms with E-state index in [9.17, 15) is 4.79 Å². The summed E-state index contributed by atoms with van der Waals surface area (Å²) >= 11 is 3.22. The number of halogens is 1. The Hall–Kier alpha value is -1.89. The first-order valence-electron chi connectivity index (χ1n) is 6.10. The third kappa shape index (κ3) is 2.78. The quantitative estimate of drug-likeness (QED) is 0.565. The molecular weight excluding hydrogens is 409 g/mol. The fourth-order valence-electron chi connectivity index (χ4n) is 1.54. The minimum atomic E-state index is -0.396. The van der Waals surface area contributed by atoms with Gasteiger partial charge in [-0.3, -0.25) is 0 Å². The first-order valence-corrected chi connectivity index (χ1v) is 7.56. The van der Waals surface area contributed by atoms with Crippen LogP contribution >= 0.6 is 33.9 Å². The first kappa shape index (κ1) is 12.8. The SMILES string of the molecule is [3H]c1csc(OCc2c(-n3nnn(C)c3=O)cnnc2I)n1.